The molecule has 0 radical (unpaired) electrons. The molecule has 2 fully saturated rings. The molecule has 1 atom stereocenters. The summed E-state index contributed by atoms with van der Waals surface area (Å²) in [6.07, 6.45) is 1.14. The lowest BCUT2D eigenvalue weighted by molar-refractivity contribution is 0.0674. The van der Waals surface area contributed by atoms with Crippen molar-refractivity contribution < 1.29 is 9.47 Å². The van der Waals surface area contributed by atoms with Gasteiger partial charge in [-0.05, 0) is 24.5 Å². The van der Waals surface area contributed by atoms with E-state index in [1.54, 1.807) is 7.11 Å². The number of guanidine groups is 1. The van der Waals surface area contributed by atoms with Crippen LogP contribution in [0.25, 0.3) is 0 Å². The number of halogens is 1. The second kappa shape index (κ2) is 9.31. The van der Waals surface area contributed by atoms with Gasteiger partial charge in [0.15, 0.2) is 5.96 Å². The number of benzene rings is 1. The minimum Gasteiger partial charge on any atom is -0.495 e. The van der Waals surface area contributed by atoms with E-state index in [0.29, 0.717) is 11.9 Å². The van der Waals surface area contributed by atoms with Gasteiger partial charge in [-0.3, -0.25) is 4.99 Å². The third-order valence-corrected chi connectivity index (χ3v) is 4.56. The third kappa shape index (κ3) is 4.66. The highest BCUT2D eigenvalue weighted by Gasteiger charge is 2.24. The van der Waals surface area contributed by atoms with E-state index in [1.807, 2.05) is 12.1 Å². The molecule has 2 aliphatic rings. The van der Waals surface area contributed by atoms with Crippen LogP contribution in [0.1, 0.15) is 6.42 Å². The number of morpholine rings is 1. The van der Waals surface area contributed by atoms with E-state index in [0.717, 1.165) is 58.1 Å². The molecule has 1 unspecified atom stereocenters. The van der Waals surface area contributed by atoms with Crippen LogP contribution in [-0.4, -0.2) is 63.9 Å². The van der Waals surface area contributed by atoms with Crippen molar-refractivity contribution in [3.8, 4) is 5.75 Å². The number of anilines is 1. The molecule has 134 valence electrons. The number of hydrogen-bond acceptors (Lipinski definition) is 4. The Morgan fingerprint density at radius 3 is 2.79 bits per heavy atom. The lowest BCUT2D eigenvalue weighted by Crippen LogP contribution is -2.45. The Kier molecular flexibility index (Phi) is 7.41. The van der Waals surface area contributed by atoms with E-state index in [2.05, 4.69) is 26.9 Å². The largest absolute Gasteiger partial charge is 0.495 e. The molecule has 0 bridgehead atoms. The van der Waals surface area contributed by atoms with Crippen LogP contribution in [0.3, 0.4) is 0 Å². The lowest BCUT2D eigenvalue weighted by Gasteiger charge is -2.27. The third-order valence-electron chi connectivity index (χ3n) is 4.56. The minimum absolute atomic E-state index is 0. The van der Waals surface area contributed by atoms with Gasteiger partial charge in [0.25, 0.3) is 0 Å². The van der Waals surface area contributed by atoms with Crippen LogP contribution in [0.2, 0.25) is 0 Å². The van der Waals surface area contributed by atoms with Gasteiger partial charge in [-0.25, -0.2) is 0 Å². The number of aliphatic imine (C=N–C) groups is 1. The molecule has 2 saturated heterocycles. The predicted octanol–water partition coefficient (Wildman–Crippen LogP) is 1.79. The highest BCUT2D eigenvalue weighted by molar-refractivity contribution is 14.0. The lowest BCUT2D eigenvalue weighted by atomic mass is 10.1. The van der Waals surface area contributed by atoms with Crippen LogP contribution >= 0.6 is 24.0 Å². The fraction of sp³-hybridized carbons (Fsp3) is 0.588. The summed E-state index contributed by atoms with van der Waals surface area (Å²) in [6.45, 7) is 5.98. The van der Waals surface area contributed by atoms with Crippen molar-refractivity contribution in [1.82, 2.24) is 4.90 Å². The van der Waals surface area contributed by atoms with Gasteiger partial charge < -0.3 is 25.0 Å². The molecule has 6 nitrogen and oxygen atoms in total. The Bertz CT molecular complexity index is 549. The second-order valence-corrected chi connectivity index (χ2v) is 6.07. The number of para-hydroxylation sites is 2. The maximum absolute atomic E-state index is 6.10. The van der Waals surface area contributed by atoms with E-state index >= 15 is 0 Å². The maximum atomic E-state index is 6.10. The molecule has 0 aliphatic carbocycles. The molecule has 0 saturated carbocycles. The molecule has 0 spiro atoms. The average molecular weight is 446 g/mol. The second-order valence-electron chi connectivity index (χ2n) is 6.07. The predicted molar refractivity (Wildman–Crippen MR) is 108 cm³/mol. The fourth-order valence-corrected chi connectivity index (χ4v) is 3.21. The highest BCUT2D eigenvalue weighted by Crippen LogP contribution is 2.31. The van der Waals surface area contributed by atoms with Crippen molar-refractivity contribution in [1.29, 1.82) is 0 Å². The fourth-order valence-electron chi connectivity index (χ4n) is 3.21. The topological polar surface area (TPSA) is 63.3 Å². The summed E-state index contributed by atoms with van der Waals surface area (Å²) < 4.78 is 10.8. The summed E-state index contributed by atoms with van der Waals surface area (Å²) >= 11 is 0. The first kappa shape index (κ1) is 19.1. The molecule has 2 heterocycles. The Balaban J connectivity index is 0.00000208. The summed E-state index contributed by atoms with van der Waals surface area (Å²) in [7, 11) is 1.72. The number of nitrogens with zero attached hydrogens (tertiary/aromatic N) is 3. The van der Waals surface area contributed by atoms with Crippen molar-refractivity contribution in [2.45, 2.75) is 6.42 Å². The van der Waals surface area contributed by atoms with Crippen LogP contribution in [-0.2, 0) is 4.74 Å². The Morgan fingerprint density at radius 2 is 2.04 bits per heavy atom. The standard InChI is InChI=1S/C17H26N4O2.HI/c1-22-16-5-3-2-4-15(16)21-7-6-14(13-21)12-19-17(18)20-8-10-23-11-9-20;/h2-5,14H,6-13H2,1H3,(H2,18,19);1H. The van der Waals surface area contributed by atoms with Gasteiger partial charge in [0.1, 0.15) is 5.75 Å². The summed E-state index contributed by atoms with van der Waals surface area (Å²) in [6, 6.07) is 8.19. The first-order valence-corrected chi connectivity index (χ1v) is 8.28. The molecule has 0 amide bonds. The Morgan fingerprint density at radius 1 is 1.29 bits per heavy atom. The molecule has 0 aromatic heterocycles. The Hall–Kier alpha value is -1.22. The number of rotatable bonds is 4. The molecule has 24 heavy (non-hydrogen) atoms. The normalized spacial score (nSPS) is 21.5. The van der Waals surface area contributed by atoms with Crippen LogP contribution in [0.15, 0.2) is 29.3 Å². The first-order valence-electron chi connectivity index (χ1n) is 8.28. The van der Waals surface area contributed by atoms with Gasteiger partial charge in [0, 0.05) is 32.7 Å². The molecule has 2 N–H and O–H groups in total. The van der Waals surface area contributed by atoms with Crippen LogP contribution in [0.5, 0.6) is 5.75 Å². The summed E-state index contributed by atoms with van der Waals surface area (Å²) in [4.78, 5) is 9.09. The van der Waals surface area contributed by atoms with Crippen molar-refractivity contribution >= 4 is 35.6 Å². The van der Waals surface area contributed by atoms with Gasteiger partial charge in [-0.1, -0.05) is 12.1 Å². The highest BCUT2D eigenvalue weighted by atomic mass is 127. The molecule has 2 aliphatic heterocycles. The maximum Gasteiger partial charge on any atom is 0.191 e. The van der Waals surface area contributed by atoms with Gasteiger partial charge in [-0.2, -0.15) is 0 Å². The number of methoxy groups -OCH3 is 1. The van der Waals surface area contributed by atoms with Gasteiger partial charge in [-0.15, -0.1) is 24.0 Å². The van der Waals surface area contributed by atoms with Crippen molar-refractivity contribution in [3.63, 3.8) is 0 Å². The average Bonchev–Trinajstić information content (AvgIpc) is 3.09. The summed E-state index contributed by atoms with van der Waals surface area (Å²) in [5.41, 5.74) is 7.27. The number of hydrogen-bond donors (Lipinski definition) is 1. The molecular formula is C17H27IN4O2. The Labute approximate surface area is 161 Å². The van der Waals surface area contributed by atoms with Gasteiger partial charge in [0.05, 0.1) is 26.0 Å². The molecule has 7 heteroatoms. The van der Waals surface area contributed by atoms with E-state index in [9.17, 15) is 0 Å². The zero-order valence-corrected chi connectivity index (χ0v) is 16.5. The SMILES string of the molecule is COc1ccccc1N1CCC(CN=C(N)N2CCOCC2)C1.I. The van der Waals surface area contributed by atoms with Crippen molar-refractivity contribution in [3.05, 3.63) is 24.3 Å². The number of nitrogens with two attached hydrogens (primary N) is 1. The molecule has 1 aromatic carbocycles. The minimum atomic E-state index is 0. The van der Waals surface area contributed by atoms with E-state index in [1.165, 1.54) is 5.69 Å². The van der Waals surface area contributed by atoms with Crippen LogP contribution in [0, 0.1) is 5.92 Å². The molecule has 1 aromatic rings. The van der Waals surface area contributed by atoms with E-state index in [-0.39, 0.29) is 24.0 Å². The van der Waals surface area contributed by atoms with Crippen molar-refractivity contribution in [2.24, 2.45) is 16.6 Å². The van der Waals surface area contributed by atoms with Crippen molar-refractivity contribution in [2.75, 3.05) is 57.9 Å². The molecular weight excluding hydrogens is 419 g/mol. The number of ether oxygens (including phenoxy) is 2. The van der Waals surface area contributed by atoms with Crippen LogP contribution in [0.4, 0.5) is 5.69 Å². The monoisotopic (exact) mass is 446 g/mol. The molecule has 3 rings (SSSR count). The summed E-state index contributed by atoms with van der Waals surface area (Å²) in [5.74, 6) is 2.13. The van der Waals surface area contributed by atoms with E-state index < -0.39 is 0 Å². The van der Waals surface area contributed by atoms with Gasteiger partial charge >= 0.3 is 0 Å². The zero-order valence-electron chi connectivity index (χ0n) is 14.2. The first-order chi connectivity index (χ1) is 11.3. The summed E-state index contributed by atoms with van der Waals surface area (Å²) in [5, 5.41) is 0. The zero-order chi connectivity index (χ0) is 16.1. The van der Waals surface area contributed by atoms with Gasteiger partial charge in [0.2, 0.25) is 0 Å². The van der Waals surface area contributed by atoms with E-state index in [4.69, 9.17) is 15.2 Å². The quantitative estimate of drug-likeness (QED) is 0.434. The smallest absolute Gasteiger partial charge is 0.191 e. The van der Waals surface area contributed by atoms with Crippen LogP contribution < -0.4 is 15.4 Å².